The Morgan fingerprint density at radius 3 is 2.61 bits per heavy atom. The van der Waals surface area contributed by atoms with E-state index in [2.05, 4.69) is 20.5 Å². The lowest BCUT2D eigenvalue weighted by Gasteiger charge is -2.19. The predicted molar refractivity (Wildman–Crippen MR) is 92.4 cm³/mol. The Balaban J connectivity index is 1.62. The molecule has 1 aromatic carbocycles. The SMILES string of the molecule is CC(Nc1nnc(-c2ccccn2)s1)C(O)Cc1ccccc1. The molecule has 0 bridgehead atoms. The molecule has 0 fully saturated rings. The second-order valence-corrected chi connectivity index (χ2v) is 6.29. The zero-order valence-corrected chi connectivity index (χ0v) is 13.6. The smallest absolute Gasteiger partial charge is 0.206 e. The summed E-state index contributed by atoms with van der Waals surface area (Å²) >= 11 is 1.43. The van der Waals surface area contributed by atoms with Crippen LogP contribution < -0.4 is 5.32 Å². The van der Waals surface area contributed by atoms with Crippen LogP contribution in [-0.2, 0) is 6.42 Å². The molecule has 6 heteroatoms. The highest BCUT2D eigenvalue weighted by molar-refractivity contribution is 7.18. The Morgan fingerprint density at radius 2 is 1.87 bits per heavy atom. The molecule has 0 saturated heterocycles. The molecule has 3 rings (SSSR count). The molecule has 0 amide bonds. The van der Waals surface area contributed by atoms with Gasteiger partial charge in [-0.25, -0.2) is 0 Å². The Hall–Kier alpha value is -2.31. The van der Waals surface area contributed by atoms with Gasteiger partial charge in [0, 0.05) is 12.6 Å². The van der Waals surface area contributed by atoms with E-state index in [1.54, 1.807) is 6.20 Å². The van der Waals surface area contributed by atoms with Crippen LogP contribution >= 0.6 is 11.3 Å². The van der Waals surface area contributed by atoms with Crippen molar-refractivity contribution < 1.29 is 5.11 Å². The van der Waals surface area contributed by atoms with Crippen LogP contribution in [0.3, 0.4) is 0 Å². The first-order chi connectivity index (χ1) is 11.2. The molecule has 3 aromatic rings. The molecule has 0 aliphatic heterocycles. The average Bonchev–Trinajstić information content (AvgIpc) is 3.05. The molecule has 0 radical (unpaired) electrons. The fraction of sp³-hybridized carbons (Fsp3) is 0.235. The third-order valence-corrected chi connectivity index (χ3v) is 4.40. The Kier molecular flexibility index (Phi) is 4.95. The molecule has 0 aliphatic rings. The maximum Gasteiger partial charge on any atom is 0.206 e. The summed E-state index contributed by atoms with van der Waals surface area (Å²) in [6.07, 6.45) is 1.83. The topological polar surface area (TPSA) is 70.9 Å². The third kappa shape index (κ3) is 4.12. The lowest BCUT2D eigenvalue weighted by Crippen LogP contribution is -2.32. The van der Waals surface area contributed by atoms with Crippen molar-refractivity contribution in [2.24, 2.45) is 0 Å². The standard InChI is InChI=1S/C17H18N4OS/c1-12(15(22)11-13-7-3-2-4-8-13)19-17-21-20-16(23-17)14-9-5-6-10-18-14/h2-10,12,15,22H,11H2,1H3,(H,19,21). The second-order valence-electron chi connectivity index (χ2n) is 5.32. The van der Waals surface area contributed by atoms with Crippen molar-refractivity contribution in [3.63, 3.8) is 0 Å². The Morgan fingerprint density at radius 1 is 1.09 bits per heavy atom. The van der Waals surface area contributed by atoms with Gasteiger partial charge in [0.15, 0.2) is 5.01 Å². The van der Waals surface area contributed by atoms with Gasteiger partial charge in [-0.05, 0) is 24.6 Å². The third-order valence-electron chi connectivity index (χ3n) is 3.52. The zero-order valence-electron chi connectivity index (χ0n) is 12.8. The van der Waals surface area contributed by atoms with Gasteiger partial charge in [-0.2, -0.15) is 0 Å². The minimum absolute atomic E-state index is 0.125. The zero-order chi connectivity index (χ0) is 16.1. The van der Waals surface area contributed by atoms with Crippen LogP contribution in [0.25, 0.3) is 10.7 Å². The van der Waals surface area contributed by atoms with E-state index in [0.29, 0.717) is 11.6 Å². The fourth-order valence-electron chi connectivity index (χ4n) is 2.20. The van der Waals surface area contributed by atoms with Gasteiger partial charge in [0.05, 0.1) is 12.1 Å². The van der Waals surface area contributed by atoms with E-state index in [9.17, 15) is 5.11 Å². The number of anilines is 1. The molecule has 0 saturated carbocycles. The number of nitrogens with one attached hydrogen (secondary N) is 1. The van der Waals surface area contributed by atoms with Crippen LogP contribution in [0.1, 0.15) is 12.5 Å². The Bertz CT molecular complexity index is 733. The number of aliphatic hydroxyl groups excluding tert-OH is 1. The highest BCUT2D eigenvalue weighted by Crippen LogP contribution is 2.25. The van der Waals surface area contributed by atoms with Gasteiger partial charge in [0.1, 0.15) is 5.69 Å². The van der Waals surface area contributed by atoms with E-state index in [1.165, 1.54) is 11.3 Å². The van der Waals surface area contributed by atoms with E-state index in [0.717, 1.165) is 16.3 Å². The summed E-state index contributed by atoms with van der Waals surface area (Å²) < 4.78 is 0. The number of pyridine rings is 1. The molecule has 2 heterocycles. The van der Waals surface area contributed by atoms with Gasteiger partial charge in [0.25, 0.3) is 0 Å². The van der Waals surface area contributed by atoms with Crippen molar-refractivity contribution in [1.29, 1.82) is 0 Å². The molecule has 2 aromatic heterocycles. The van der Waals surface area contributed by atoms with Crippen LogP contribution in [0.5, 0.6) is 0 Å². The van der Waals surface area contributed by atoms with Gasteiger partial charge in [0.2, 0.25) is 5.13 Å². The van der Waals surface area contributed by atoms with Crippen molar-refractivity contribution in [3.8, 4) is 10.7 Å². The summed E-state index contributed by atoms with van der Waals surface area (Å²) in [6, 6.07) is 15.5. The molecular formula is C17H18N4OS. The van der Waals surface area contributed by atoms with Crippen molar-refractivity contribution in [2.45, 2.75) is 25.5 Å². The minimum Gasteiger partial charge on any atom is -0.391 e. The summed E-state index contributed by atoms with van der Waals surface area (Å²) in [5.41, 5.74) is 1.91. The van der Waals surface area contributed by atoms with Crippen molar-refractivity contribution in [3.05, 3.63) is 60.3 Å². The highest BCUT2D eigenvalue weighted by atomic mass is 32.1. The first-order valence-electron chi connectivity index (χ1n) is 7.46. The van der Waals surface area contributed by atoms with Crippen LogP contribution in [0.15, 0.2) is 54.7 Å². The first-order valence-corrected chi connectivity index (χ1v) is 8.27. The maximum absolute atomic E-state index is 10.3. The van der Waals surface area contributed by atoms with E-state index in [-0.39, 0.29) is 6.04 Å². The van der Waals surface area contributed by atoms with Gasteiger partial charge < -0.3 is 10.4 Å². The molecule has 23 heavy (non-hydrogen) atoms. The minimum atomic E-state index is -0.500. The van der Waals surface area contributed by atoms with Crippen molar-refractivity contribution in [2.75, 3.05) is 5.32 Å². The first kappa shape index (κ1) is 15.6. The molecule has 2 N–H and O–H groups in total. The molecule has 2 unspecified atom stereocenters. The lowest BCUT2D eigenvalue weighted by molar-refractivity contribution is 0.158. The van der Waals surface area contributed by atoms with Crippen LogP contribution in [0, 0.1) is 0 Å². The molecule has 0 spiro atoms. The van der Waals surface area contributed by atoms with Crippen LogP contribution in [-0.4, -0.2) is 32.4 Å². The number of hydrogen-bond acceptors (Lipinski definition) is 6. The summed E-state index contributed by atoms with van der Waals surface area (Å²) in [7, 11) is 0. The number of benzene rings is 1. The van der Waals surface area contributed by atoms with Gasteiger partial charge in [-0.3, -0.25) is 4.98 Å². The number of hydrogen-bond donors (Lipinski definition) is 2. The van der Waals surface area contributed by atoms with Crippen molar-refractivity contribution in [1.82, 2.24) is 15.2 Å². The molecule has 118 valence electrons. The number of aliphatic hydroxyl groups is 1. The number of nitrogens with zero attached hydrogens (tertiary/aromatic N) is 3. The normalized spacial score (nSPS) is 13.5. The van der Waals surface area contributed by atoms with E-state index in [4.69, 9.17) is 0 Å². The van der Waals surface area contributed by atoms with Crippen LogP contribution in [0.4, 0.5) is 5.13 Å². The van der Waals surface area contributed by atoms with E-state index < -0.39 is 6.10 Å². The summed E-state index contributed by atoms with van der Waals surface area (Å²) in [6.45, 7) is 1.94. The van der Waals surface area contributed by atoms with Crippen LogP contribution in [0.2, 0.25) is 0 Å². The molecule has 0 aliphatic carbocycles. The maximum atomic E-state index is 10.3. The van der Waals surface area contributed by atoms with Gasteiger partial charge in [-0.1, -0.05) is 47.7 Å². The summed E-state index contributed by atoms with van der Waals surface area (Å²) in [4.78, 5) is 4.26. The molecular weight excluding hydrogens is 308 g/mol. The van der Waals surface area contributed by atoms with Gasteiger partial charge >= 0.3 is 0 Å². The quantitative estimate of drug-likeness (QED) is 0.728. The summed E-state index contributed by atoms with van der Waals surface area (Å²) in [5.74, 6) is 0. The number of rotatable bonds is 6. The predicted octanol–water partition coefficient (Wildman–Crippen LogP) is 3.00. The molecule has 2 atom stereocenters. The monoisotopic (exact) mass is 326 g/mol. The Labute approximate surface area is 139 Å². The summed E-state index contributed by atoms with van der Waals surface area (Å²) in [5, 5.41) is 23.3. The molecule has 5 nitrogen and oxygen atoms in total. The second kappa shape index (κ2) is 7.30. The average molecular weight is 326 g/mol. The largest absolute Gasteiger partial charge is 0.391 e. The highest BCUT2D eigenvalue weighted by Gasteiger charge is 2.17. The van der Waals surface area contributed by atoms with E-state index in [1.807, 2.05) is 55.5 Å². The number of aromatic nitrogens is 3. The lowest BCUT2D eigenvalue weighted by atomic mass is 10.0. The van der Waals surface area contributed by atoms with Gasteiger partial charge in [-0.15, -0.1) is 10.2 Å². The fourth-order valence-corrected chi connectivity index (χ4v) is 3.01. The van der Waals surface area contributed by atoms with Crippen molar-refractivity contribution >= 4 is 16.5 Å². The van der Waals surface area contributed by atoms with E-state index >= 15 is 0 Å².